The number of hydrogen-bond acceptors (Lipinski definition) is 13. The van der Waals surface area contributed by atoms with Crippen molar-refractivity contribution in [3.8, 4) is 17.2 Å². The van der Waals surface area contributed by atoms with Crippen LogP contribution in [0, 0.1) is 37.3 Å². The molecule has 4 N–H and O–H groups in total. The maximum absolute atomic E-state index is 10.1. The number of aliphatic hydroxyl groups is 1. The first-order chi connectivity index (χ1) is 18.3. The van der Waals surface area contributed by atoms with E-state index in [1.165, 1.54) is 50.1 Å². The topological polar surface area (TPSA) is 249 Å². The zero-order valence-electron chi connectivity index (χ0n) is 22.4. The summed E-state index contributed by atoms with van der Waals surface area (Å²) >= 11 is 2.94. The molecular formula is C20H24BrLiN6O10. The van der Waals surface area contributed by atoms with Gasteiger partial charge in [0.15, 0.2) is 0 Å². The van der Waals surface area contributed by atoms with Crippen LogP contribution in [0.5, 0.6) is 17.2 Å². The zero-order chi connectivity index (χ0) is 30.5. The Labute approximate surface area is 239 Å². The number of aromatic hydroxyl groups is 3. The summed E-state index contributed by atoms with van der Waals surface area (Å²) in [6.07, 6.45) is 3.28. The summed E-state index contributed by atoms with van der Waals surface area (Å²) in [6, 6.07) is 7.49. The van der Waals surface area contributed by atoms with E-state index >= 15 is 0 Å². The molecule has 0 atom stereocenters. The summed E-state index contributed by atoms with van der Waals surface area (Å²) in [4.78, 5) is 37.8. The fraction of sp³-hybridized carbons (Fsp3) is 0.200. The average molecular weight is 597 g/mol. The molecule has 3 heterocycles. The van der Waals surface area contributed by atoms with Crippen LogP contribution >= 0.6 is 15.9 Å². The van der Waals surface area contributed by atoms with Gasteiger partial charge in [-0.1, -0.05) is 13.3 Å². The van der Waals surface area contributed by atoms with Gasteiger partial charge in [-0.15, -0.1) is 0 Å². The Bertz CT molecular complexity index is 1150. The molecule has 0 spiro atoms. The molecule has 16 nitrogen and oxygen atoms in total. The summed E-state index contributed by atoms with van der Waals surface area (Å²) in [5.41, 5.74) is 0. The Morgan fingerprint density at radius 1 is 0.921 bits per heavy atom. The molecule has 0 saturated heterocycles. The molecule has 0 aliphatic heterocycles. The van der Waals surface area contributed by atoms with E-state index in [1.807, 2.05) is 0 Å². The van der Waals surface area contributed by atoms with Gasteiger partial charge in [-0.05, 0) is 60.1 Å². The molecular weight excluding hydrogens is 571 g/mol. The number of hydrogen-bond donors (Lipinski definition) is 4. The van der Waals surface area contributed by atoms with Crippen molar-refractivity contribution in [2.75, 3.05) is 7.11 Å². The van der Waals surface area contributed by atoms with Gasteiger partial charge in [-0.25, -0.2) is 0 Å². The first-order valence-corrected chi connectivity index (χ1v) is 10.4. The molecule has 0 aliphatic rings. The second-order valence-corrected chi connectivity index (χ2v) is 6.54. The molecule has 18 heteroatoms. The van der Waals surface area contributed by atoms with Gasteiger partial charge in [0.05, 0.1) is 0 Å². The predicted octanol–water partition coefficient (Wildman–Crippen LogP) is 1.08. The molecule has 0 amide bonds. The number of pyridine rings is 3. The number of aromatic nitrogens is 3. The van der Waals surface area contributed by atoms with Crippen LogP contribution < -0.4 is 18.9 Å². The first-order valence-electron chi connectivity index (χ1n) is 10.6. The van der Waals surface area contributed by atoms with E-state index in [2.05, 4.69) is 49.8 Å². The van der Waals surface area contributed by atoms with Gasteiger partial charge in [0.2, 0.25) is 23.3 Å². The molecule has 0 bridgehead atoms. The molecule has 3 aromatic rings. The largest absolute Gasteiger partial charge is 1.00 e. The van der Waals surface area contributed by atoms with Crippen LogP contribution in [0.4, 0.5) is 17.5 Å². The number of rotatable bonds is 4. The van der Waals surface area contributed by atoms with Gasteiger partial charge >= 0.3 is 36.3 Å². The third kappa shape index (κ3) is 16.0. The summed E-state index contributed by atoms with van der Waals surface area (Å²) in [6.45, 7) is 5.72. The van der Waals surface area contributed by atoms with Crippen LogP contribution in [0.15, 0.2) is 53.4 Å². The smallest absolute Gasteiger partial charge is 0.501 e. The molecule has 3 aromatic heterocycles. The molecule has 0 radical (unpaired) electrons. The Hall–Kier alpha value is -3.91. The third-order valence-electron chi connectivity index (χ3n) is 3.17. The Balaban J connectivity index is -0.000000455. The third-order valence-corrected chi connectivity index (χ3v) is 3.62. The molecule has 0 aromatic carbocycles. The van der Waals surface area contributed by atoms with E-state index in [9.17, 15) is 30.3 Å². The number of nitro groups is 3. The summed E-state index contributed by atoms with van der Waals surface area (Å²) in [7, 11) is 1.29. The number of halogens is 1. The zero-order valence-corrected chi connectivity index (χ0v) is 22.0. The van der Waals surface area contributed by atoms with E-state index in [-0.39, 0.29) is 25.0 Å². The molecule has 0 aliphatic carbocycles. The van der Waals surface area contributed by atoms with Crippen LogP contribution in [0.2, 0.25) is 0 Å². The van der Waals surface area contributed by atoms with Crippen molar-refractivity contribution in [3.05, 3.63) is 90.6 Å². The van der Waals surface area contributed by atoms with Gasteiger partial charge < -0.3 is 57.7 Å². The van der Waals surface area contributed by atoms with Gasteiger partial charge in [0, 0.05) is 29.1 Å². The first kappa shape index (κ1) is 34.1. The Morgan fingerprint density at radius 2 is 1.34 bits per heavy atom. The SMILES string of the molecule is O=[N+]([O-])c1nc(Br)ccc1O.O=[N+]([O-])c1ncccc1O.[2H]OC.[2H]c1ccc(O)c([N+](=O)[O-])n1.[CH2-]CCC.[Li+]. The van der Waals surface area contributed by atoms with E-state index in [0.717, 1.165) is 12.5 Å². The van der Waals surface area contributed by atoms with Gasteiger partial charge in [0.25, 0.3) is 0 Å². The van der Waals surface area contributed by atoms with E-state index in [0.29, 0.717) is 4.60 Å². The van der Waals surface area contributed by atoms with Crippen molar-refractivity contribution in [1.29, 1.82) is 1.43 Å². The van der Waals surface area contributed by atoms with E-state index in [4.69, 9.17) is 18.1 Å². The number of unbranched alkanes of at least 4 members (excludes halogenated alkanes) is 1. The normalized spacial score (nSPS) is 9.26. The van der Waals surface area contributed by atoms with Crippen molar-refractivity contribution >= 4 is 33.4 Å². The van der Waals surface area contributed by atoms with E-state index < -0.39 is 49.5 Å². The Morgan fingerprint density at radius 3 is 1.71 bits per heavy atom. The summed E-state index contributed by atoms with van der Waals surface area (Å²) < 4.78 is 12.9. The molecule has 0 fully saturated rings. The number of nitrogens with zero attached hydrogens (tertiary/aromatic N) is 6. The second-order valence-electron chi connectivity index (χ2n) is 5.73. The minimum absolute atomic E-state index is 0. The van der Waals surface area contributed by atoms with Gasteiger partial charge in [0.1, 0.15) is 13.7 Å². The van der Waals surface area contributed by atoms with Crippen LogP contribution in [0.1, 0.15) is 21.1 Å². The van der Waals surface area contributed by atoms with Crippen molar-refractivity contribution < 1.29 is 55.4 Å². The van der Waals surface area contributed by atoms with E-state index in [1.54, 1.807) is 0 Å². The van der Waals surface area contributed by atoms with Crippen LogP contribution in [-0.2, 0) is 0 Å². The van der Waals surface area contributed by atoms with Crippen molar-refractivity contribution in [2.24, 2.45) is 0 Å². The molecule has 38 heavy (non-hydrogen) atoms. The van der Waals surface area contributed by atoms with Gasteiger partial charge in [-0.3, -0.25) is 0 Å². The summed E-state index contributed by atoms with van der Waals surface area (Å²) in [5, 5.41) is 60.2. The monoisotopic (exact) mass is 596 g/mol. The van der Waals surface area contributed by atoms with Crippen LogP contribution in [0.25, 0.3) is 0 Å². The quantitative estimate of drug-likeness (QED) is 0.108. The minimum atomic E-state index is -0.840. The minimum Gasteiger partial charge on any atom is -0.501 e. The van der Waals surface area contributed by atoms with Crippen LogP contribution in [-0.4, -0.2) is 58.7 Å². The standard InChI is InChI=1S/C5H3BrN2O3.2C5H4N2O3.C4H9.CH4O.Li/c6-4-2-1-3(9)5(7-4)8(10)11;2*8-4-2-1-3-6-5(4)7(9)10;1-3-4-2;1-2;/h1-2,9H;2*1-3,8H;1,3-4H2,2H3;2H,1H3;/q;;;-1;;+1/i;3D;;;2D;. The average Bonchev–Trinajstić information content (AvgIpc) is 2.88. The molecule has 0 saturated carbocycles. The van der Waals surface area contributed by atoms with Crippen molar-refractivity contribution in [3.63, 3.8) is 0 Å². The number of aliphatic hydroxyl groups excluding tert-OH is 1. The maximum Gasteiger partial charge on any atom is 1.00 e. The van der Waals surface area contributed by atoms with Crippen LogP contribution in [0.3, 0.4) is 0 Å². The fourth-order valence-corrected chi connectivity index (χ4v) is 1.86. The Kier molecular flexibility index (Phi) is 20.0. The van der Waals surface area contributed by atoms with Crippen molar-refractivity contribution in [2.45, 2.75) is 19.8 Å². The summed E-state index contributed by atoms with van der Waals surface area (Å²) in [5.74, 6) is -3.10. The fourth-order valence-electron chi connectivity index (χ4n) is 1.56. The second kappa shape index (κ2) is 22.3. The maximum atomic E-state index is 10.1. The predicted molar refractivity (Wildman–Crippen MR) is 134 cm³/mol. The molecule has 0 unspecified atom stereocenters. The molecule has 3 rings (SSSR count). The van der Waals surface area contributed by atoms with Gasteiger partial charge in [-0.2, -0.15) is 6.42 Å². The van der Waals surface area contributed by atoms with Crippen molar-refractivity contribution in [1.82, 2.24) is 15.0 Å². The molecule has 202 valence electrons.